The molecule has 1 aliphatic heterocycles. The summed E-state index contributed by atoms with van der Waals surface area (Å²) in [5.41, 5.74) is 6.05. The van der Waals surface area contributed by atoms with E-state index in [1.54, 1.807) is 0 Å². The van der Waals surface area contributed by atoms with Crippen LogP contribution in [-0.2, 0) is 4.79 Å². The van der Waals surface area contributed by atoms with Crippen LogP contribution in [0.25, 0.3) is 0 Å². The van der Waals surface area contributed by atoms with Crippen LogP contribution in [-0.4, -0.2) is 29.9 Å². The van der Waals surface area contributed by atoms with E-state index in [1.807, 2.05) is 0 Å². The highest BCUT2D eigenvalue weighted by Gasteiger charge is 2.33. The van der Waals surface area contributed by atoms with Gasteiger partial charge in [0.05, 0.1) is 0 Å². The second-order valence-corrected chi connectivity index (χ2v) is 7.76. The van der Waals surface area contributed by atoms with Crippen molar-refractivity contribution < 1.29 is 4.79 Å². The van der Waals surface area contributed by atoms with Crippen LogP contribution in [0.4, 0.5) is 0 Å². The Hall–Kier alpha value is -0.570. The van der Waals surface area contributed by atoms with Crippen LogP contribution in [0.2, 0.25) is 0 Å². The molecule has 3 nitrogen and oxygen atoms in total. The molecule has 1 heterocycles. The number of hydrogen-bond acceptors (Lipinski definition) is 2. The molecule has 0 aromatic carbocycles. The van der Waals surface area contributed by atoms with Gasteiger partial charge >= 0.3 is 0 Å². The maximum absolute atomic E-state index is 12.5. The van der Waals surface area contributed by atoms with Crippen molar-refractivity contribution in [2.45, 2.75) is 76.7 Å². The molecule has 3 fully saturated rings. The Morgan fingerprint density at radius 1 is 1.00 bits per heavy atom. The predicted molar refractivity (Wildman–Crippen MR) is 85.8 cm³/mol. The Bertz CT molecular complexity index is 357. The predicted octanol–water partition coefficient (Wildman–Crippen LogP) is 3.32. The average Bonchev–Trinajstić information content (AvgIpc) is 2.52. The van der Waals surface area contributed by atoms with E-state index in [2.05, 4.69) is 4.90 Å². The molecular weight excluding hydrogens is 260 g/mol. The molecular formula is C18H32N2O. The SMILES string of the molecule is NC1CCCC(CCC(=O)N2CCC3CCCCC3C2)C1. The summed E-state index contributed by atoms with van der Waals surface area (Å²) in [6, 6.07) is 0.386. The third kappa shape index (κ3) is 4.00. The standard InChI is InChI=1S/C18H32N2O/c19-17-7-3-4-14(12-17)8-9-18(21)20-11-10-15-5-1-2-6-16(15)13-20/h14-17H,1-13,19H2. The van der Waals surface area contributed by atoms with Crippen LogP contribution in [0.3, 0.4) is 0 Å². The van der Waals surface area contributed by atoms with Gasteiger partial charge < -0.3 is 10.6 Å². The van der Waals surface area contributed by atoms with Crippen molar-refractivity contribution in [3.63, 3.8) is 0 Å². The fourth-order valence-electron chi connectivity index (χ4n) is 4.91. The Balaban J connectivity index is 1.43. The minimum atomic E-state index is 0.386. The molecule has 4 unspecified atom stereocenters. The third-order valence-electron chi connectivity index (χ3n) is 6.23. The summed E-state index contributed by atoms with van der Waals surface area (Å²) in [5, 5.41) is 0. The van der Waals surface area contributed by atoms with E-state index in [-0.39, 0.29) is 0 Å². The summed E-state index contributed by atoms with van der Waals surface area (Å²) >= 11 is 0. The number of hydrogen-bond donors (Lipinski definition) is 1. The molecule has 0 bridgehead atoms. The molecule has 0 aromatic heterocycles. The van der Waals surface area contributed by atoms with E-state index in [1.165, 1.54) is 51.4 Å². The number of likely N-dealkylation sites (tertiary alicyclic amines) is 1. The van der Waals surface area contributed by atoms with Gasteiger partial charge in [-0.1, -0.05) is 32.1 Å². The van der Waals surface area contributed by atoms with Crippen molar-refractivity contribution >= 4 is 5.91 Å². The molecule has 1 amide bonds. The van der Waals surface area contributed by atoms with Gasteiger partial charge in [-0.15, -0.1) is 0 Å². The quantitative estimate of drug-likeness (QED) is 0.867. The number of rotatable bonds is 3. The molecule has 2 N–H and O–H groups in total. The molecule has 2 saturated carbocycles. The number of carbonyl (C=O) groups is 1. The van der Waals surface area contributed by atoms with Crippen LogP contribution in [0.1, 0.15) is 70.6 Å². The van der Waals surface area contributed by atoms with Gasteiger partial charge in [0.15, 0.2) is 0 Å². The lowest BCUT2D eigenvalue weighted by Crippen LogP contribution is -2.44. The second-order valence-electron chi connectivity index (χ2n) is 7.76. The van der Waals surface area contributed by atoms with Crippen molar-refractivity contribution in [1.82, 2.24) is 4.90 Å². The van der Waals surface area contributed by atoms with Crippen molar-refractivity contribution in [2.24, 2.45) is 23.5 Å². The summed E-state index contributed by atoms with van der Waals surface area (Å²) in [6.07, 6.45) is 13.5. The number of nitrogens with two attached hydrogens (primary N) is 1. The number of fused-ring (bicyclic) bond motifs is 1. The Labute approximate surface area is 129 Å². The number of carbonyl (C=O) groups excluding carboxylic acids is 1. The fraction of sp³-hybridized carbons (Fsp3) is 0.944. The van der Waals surface area contributed by atoms with Gasteiger partial charge in [-0.3, -0.25) is 4.79 Å². The van der Waals surface area contributed by atoms with Crippen molar-refractivity contribution in [3.05, 3.63) is 0 Å². The first-order valence-electron chi connectivity index (χ1n) is 9.25. The van der Waals surface area contributed by atoms with E-state index >= 15 is 0 Å². The van der Waals surface area contributed by atoms with E-state index in [0.717, 1.165) is 44.2 Å². The first-order valence-corrected chi connectivity index (χ1v) is 9.25. The highest BCUT2D eigenvalue weighted by atomic mass is 16.2. The maximum atomic E-state index is 12.5. The lowest BCUT2D eigenvalue weighted by atomic mass is 9.75. The van der Waals surface area contributed by atoms with Crippen LogP contribution < -0.4 is 5.73 Å². The smallest absolute Gasteiger partial charge is 0.222 e. The van der Waals surface area contributed by atoms with Crippen molar-refractivity contribution in [2.75, 3.05) is 13.1 Å². The first-order chi connectivity index (χ1) is 10.2. The molecule has 3 heteroatoms. The average molecular weight is 292 g/mol. The highest BCUT2D eigenvalue weighted by Crippen LogP contribution is 2.36. The highest BCUT2D eigenvalue weighted by molar-refractivity contribution is 5.76. The summed E-state index contributed by atoms with van der Waals surface area (Å²) in [6.45, 7) is 2.07. The molecule has 3 aliphatic rings. The summed E-state index contributed by atoms with van der Waals surface area (Å²) < 4.78 is 0. The molecule has 0 radical (unpaired) electrons. The minimum absolute atomic E-state index is 0.386. The van der Waals surface area contributed by atoms with Gasteiger partial charge in [0.25, 0.3) is 0 Å². The molecule has 0 spiro atoms. The summed E-state index contributed by atoms with van der Waals surface area (Å²) in [5.74, 6) is 2.83. The third-order valence-corrected chi connectivity index (χ3v) is 6.23. The molecule has 120 valence electrons. The van der Waals surface area contributed by atoms with Gasteiger partial charge in [-0.25, -0.2) is 0 Å². The lowest BCUT2D eigenvalue weighted by Gasteiger charge is -2.41. The number of piperidine rings is 1. The van der Waals surface area contributed by atoms with Gasteiger partial charge in [0.1, 0.15) is 0 Å². The summed E-state index contributed by atoms with van der Waals surface area (Å²) in [7, 11) is 0. The van der Waals surface area contributed by atoms with E-state index in [0.29, 0.717) is 17.9 Å². The van der Waals surface area contributed by atoms with Crippen LogP contribution in [0, 0.1) is 17.8 Å². The normalized spacial score (nSPS) is 37.1. The Morgan fingerprint density at radius 2 is 1.81 bits per heavy atom. The zero-order chi connectivity index (χ0) is 14.7. The number of nitrogens with zero attached hydrogens (tertiary/aromatic N) is 1. The molecule has 0 aromatic rings. The van der Waals surface area contributed by atoms with E-state index in [9.17, 15) is 4.79 Å². The fourth-order valence-corrected chi connectivity index (χ4v) is 4.91. The molecule has 4 atom stereocenters. The van der Waals surface area contributed by atoms with Gasteiger partial charge in [0, 0.05) is 25.6 Å². The van der Waals surface area contributed by atoms with Gasteiger partial charge in [-0.2, -0.15) is 0 Å². The summed E-state index contributed by atoms with van der Waals surface area (Å²) in [4.78, 5) is 14.7. The molecule has 2 aliphatic carbocycles. The lowest BCUT2D eigenvalue weighted by molar-refractivity contribution is -0.134. The molecule has 3 rings (SSSR count). The van der Waals surface area contributed by atoms with Crippen molar-refractivity contribution in [3.8, 4) is 0 Å². The Kier molecular flexibility index (Phi) is 5.20. The topological polar surface area (TPSA) is 46.3 Å². The zero-order valence-corrected chi connectivity index (χ0v) is 13.4. The first kappa shape index (κ1) is 15.3. The zero-order valence-electron chi connectivity index (χ0n) is 13.4. The Morgan fingerprint density at radius 3 is 2.62 bits per heavy atom. The van der Waals surface area contributed by atoms with Gasteiger partial charge in [0.2, 0.25) is 5.91 Å². The van der Waals surface area contributed by atoms with E-state index < -0.39 is 0 Å². The van der Waals surface area contributed by atoms with Gasteiger partial charge in [-0.05, 0) is 49.9 Å². The largest absolute Gasteiger partial charge is 0.342 e. The number of amides is 1. The second kappa shape index (κ2) is 7.13. The minimum Gasteiger partial charge on any atom is -0.342 e. The van der Waals surface area contributed by atoms with Crippen LogP contribution >= 0.6 is 0 Å². The monoisotopic (exact) mass is 292 g/mol. The van der Waals surface area contributed by atoms with Crippen LogP contribution in [0.5, 0.6) is 0 Å². The van der Waals surface area contributed by atoms with Crippen molar-refractivity contribution in [1.29, 1.82) is 0 Å². The molecule has 1 saturated heterocycles. The molecule has 21 heavy (non-hydrogen) atoms. The maximum Gasteiger partial charge on any atom is 0.222 e. The van der Waals surface area contributed by atoms with Crippen LogP contribution in [0.15, 0.2) is 0 Å². The van der Waals surface area contributed by atoms with E-state index in [4.69, 9.17) is 5.73 Å².